The molecule has 0 aliphatic rings. The van der Waals surface area contributed by atoms with E-state index in [1.807, 2.05) is 26.0 Å². The minimum Gasteiger partial charge on any atom is -0.481 e. The van der Waals surface area contributed by atoms with Crippen LogP contribution in [0.15, 0.2) is 24.3 Å². The number of aliphatic carboxylic acids is 1. The highest BCUT2D eigenvalue weighted by Crippen LogP contribution is 2.36. The number of carboxylic acids is 1. The van der Waals surface area contributed by atoms with Gasteiger partial charge in [0.15, 0.2) is 0 Å². The number of carboxylic acid groups (broad SMARTS) is 1. The van der Waals surface area contributed by atoms with Crippen molar-refractivity contribution in [3.63, 3.8) is 0 Å². The average molecular weight is 263 g/mol. The SMILES string of the molecule is CCc1ccc(C(CC)(CC(=O)O)C(N)CC)cc1. The number of hydrogen-bond acceptors (Lipinski definition) is 2. The number of nitrogens with two attached hydrogens (primary N) is 1. The molecule has 2 unspecified atom stereocenters. The van der Waals surface area contributed by atoms with E-state index in [4.69, 9.17) is 5.73 Å². The van der Waals surface area contributed by atoms with Crippen molar-refractivity contribution in [1.29, 1.82) is 0 Å². The Bertz CT molecular complexity index is 413. The molecule has 0 radical (unpaired) electrons. The van der Waals surface area contributed by atoms with Gasteiger partial charge in [-0.05, 0) is 30.4 Å². The minimum absolute atomic E-state index is 0.0873. The molecule has 2 atom stereocenters. The van der Waals surface area contributed by atoms with Crippen LogP contribution in [-0.4, -0.2) is 17.1 Å². The van der Waals surface area contributed by atoms with Gasteiger partial charge in [-0.15, -0.1) is 0 Å². The fourth-order valence-corrected chi connectivity index (χ4v) is 2.77. The molecule has 1 rings (SSSR count). The number of rotatable bonds is 7. The van der Waals surface area contributed by atoms with Gasteiger partial charge in [0.2, 0.25) is 0 Å². The fourth-order valence-electron chi connectivity index (χ4n) is 2.77. The van der Waals surface area contributed by atoms with E-state index in [1.54, 1.807) is 0 Å². The van der Waals surface area contributed by atoms with Gasteiger partial charge in [-0.25, -0.2) is 0 Å². The van der Waals surface area contributed by atoms with Gasteiger partial charge >= 0.3 is 5.97 Å². The van der Waals surface area contributed by atoms with E-state index in [0.717, 1.165) is 24.8 Å². The molecule has 0 aliphatic heterocycles. The molecule has 0 saturated carbocycles. The molecule has 0 spiro atoms. The lowest BCUT2D eigenvalue weighted by Crippen LogP contribution is -2.46. The predicted molar refractivity (Wildman–Crippen MR) is 78.3 cm³/mol. The van der Waals surface area contributed by atoms with Crippen molar-refractivity contribution < 1.29 is 9.90 Å². The average Bonchev–Trinajstić information content (AvgIpc) is 2.43. The van der Waals surface area contributed by atoms with E-state index in [-0.39, 0.29) is 12.5 Å². The lowest BCUT2D eigenvalue weighted by Gasteiger charge is -2.37. The number of carbonyl (C=O) groups is 1. The second-order valence-electron chi connectivity index (χ2n) is 5.15. The van der Waals surface area contributed by atoms with Crippen molar-refractivity contribution in [3.8, 4) is 0 Å². The molecule has 19 heavy (non-hydrogen) atoms. The van der Waals surface area contributed by atoms with Crippen molar-refractivity contribution in [1.82, 2.24) is 0 Å². The maximum Gasteiger partial charge on any atom is 0.304 e. The van der Waals surface area contributed by atoms with Crippen LogP contribution >= 0.6 is 0 Å². The van der Waals surface area contributed by atoms with Gasteiger partial charge in [0.1, 0.15) is 0 Å². The van der Waals surface area contributed by atoms with Gasteiger partial charge in [-0.2, -0.15) is 0 Å². The highest BCUT2D eigenvalue weighted by Gasteiger charge is 2.38. The molecule has 0 aromatic heterocycles. The Hall–Kier alpha value is -1.35. The highest BCUT2D eigenvalue weighted by molar-refractivity contribution is 5.69. The van der Waals surface area contributed by atoms with Gasteiger partial charge in [0, 0.05) is 11.5 Å². The van der Waals surface area contributed by atoms with Crippen molar-refractivity contribution in [2.75, 3.05) is 0 Å². The van der Waals surface area contributed by atoms with E-state index >= 15 is 0 Å². The van der Waals surface area contributed by atoms with Crippen molar-refractivity contribution in [2.24, 2.45) is 5.73 Å². The van der Waals surface area contributed by atoms with Crippen LogP contribution in [-0.2, 0) is 16.6 Å². The maximum absolute atomic E-state index is 11.2. The van der Waals surface area contributed by atoms with Crippen LogP contribution in [0.3, 0.4) is 0 Å². The van der Waals surface area contributed by atoms with Crippen molar-refractivity contribution in [2.45, 2.75) is 57.9 Å². The molecule has 0 fully saturated rings. The van der Waals surface area contributed by atoms with E-state index < -0.39 is 11.4 Å². The summed E-state index contributed by atoms with van der Waals surface area (Å²) in [4.78, 5) is 11.2. The minimum atomic E-state index is -0.787. The van der Waals surface area contributed by atoms with Crippen molar-refractivity contribution in [3.05, 3.63) is 35.4 Å². The number of benzene rings is 1. The van der Waals surface area contributed by atoms with Crippen LogP contribution in [0, 0.1) is 0 Å². The molecule has 106 valence electrons. The summed E-state index contributed by atoms with van der Waals surface area (Å²) in [6.45, 7) is 6.14. The number of hydrogen-bond donors (Lipinski definition) is 2. The lowest BCUT2D eigenvalue weighted by molar-refractivity contribution is -0.138. The first-order chi connectivity index (χ1) is 9.00. The Morgan fingerprint density at radius 2 is 1.84 bits per heavy atom. The zero-order valence-electron chi connectivity index (χ0n) is 12.1. The monoisotopic (exact) mass is 263 g/mol. The first-order valence-electron chi connectivity index (χ1n) is 7.06. The molecule has 0 amide bonds. The summed E-state index contributed by atoms with van der Waals surface area (Å²) in [7, 11) is 0. The molecular weight excluding hydrogens is 238 g/mol. The Morgan fingerprint density at radius 3 is 2.21 bits per heavy atom. The molecule has 1 aromatic carbocycles. The molecule has 3 N–H and O–H groups in total. The van der Waals surface area contributed by atoms with Gasteiger partial charge in [0.25, 0.3) is 0 Å². The molecule has 0 aliphatic carbocycles. The Labute approximate surface area is 115 Å². The van der Waals surface area contributed by atoms with Crippen LogP contribution in [0.25, 0.3) is 0 Å². The molecule has 1 aromatic rings. The summed E-state index contributed by atoms with van der Waals surface area (Å²) in [6.07, 6.45) is 2.58. The molecule has 0 saturated heterocycles. The molecule has 3 nitrogen and oxygen atoms in total. The molecular formula is C16H25NO2. The van der Waals surface area contributed by atoms with Gasteiger partial charge < -0.3 is 10.8 Å². The van der Waals surface area contributed by atoms with E-state index in [1.165, 1.54) is 5.56 Å². The zero-order chi connectivity index (χ0) is 14.5. The van der Waals surface area contributed by atoms with Crippen LogP contribution in [0.1, 0.15) is 51.2 Å². The largest absolute Gasteiger partial charge is 0.481 e. The second-order valence-corrected chi connectivity index (χ2v) is 5.15. The third kappa shape index (κ3) is 3.35. The van der Waals surface area contributed by atoms with E-state index in [2.05, 4.69) is 19.1 Å². The quantitative estimate of drug-likeness (QED) is 0.794. The topological polar surface area (TPSA) is 63.3 Å². The van der Waals surface area contributed by atoms with Crippen LogP contribution in [0.5, 0.6) is 0 Å². The molecule has 0 heterocycles. The third-order valence-electron chi connectivity index (χ3n) is 4.18. The summed E-state index contributed by atoms with van der Waals surface area (Å²) in [6, 6.07) is 8.09. The summed E-state index contributed by atoms with van der Waals surface area (Å²) in [5.41, 5.74) is 8.09. The lowest BCUT2D eigenvalue weighted by atomic mass is 9.69. The van der Waals surface area contributed by atoms with Crippen LogP contribution < -0.4 is 5.73 Å². The van der Waals surface area contributed by atoms with Crippen LogP contribution in [0.4, 0.5) is 0 Å². The Morgan fingerprint density at radius 1 is 1.26 bits per heavy atom. The van der Waals surface area contributed by atoms with Crippen molar-refractivity contribution >= 4 is 5.97 Å². The predicted octanol–water partition coefficient (Wildman–Crippen LogP) is 3.11. The summed E-state index contributed by atoms with van der Waals surface area (Å²) in [5.74, 6) is -0.787. The second kappa shape index (κ2) is 6.71. The normalized spacial score (nSPS) is 15.8. The fraction of sp³-hybridized carbons (Fsp3) is 0.562. The molecule has 3 heteroatoms. The standard InChI is InChI=1S/C16H25NO2/c1-4-12-7-9-13(10-8-12)16(6-3,11-15(18)19)14(17)5-2/h7-10,14H,4-6,11,17H2,1-3H3,(H,18,19). The zero-order valence-corrected chi connectivity index (χ0v) is 12.1. The molecule has 0 bridgehead atoms. The first kappa shape index (κ1) is 15.7. The smallest absolute Gasteiger partial charge is 0.304 e. The van der Waals surface area contributed by atoms with E-state index in [0.29, 0.717) is 0 Å². The van der Waals surface area contributed by atoms with Gasteiger partial charge in [-0.3, -0.25) is 4.79 Å². The van der Waals surface area contributed by atoms with E-state index in [9.17, 15) is 9.90 Å². The Balaban J connectivity index is 3.22. The third-order valence-corrected chi connectivity index (χ3v) is 4.18. The summed E-state index contributed by atoms with van der Waals surface area (Å²) >= 11 is 0. The summed E-state index contributed by atoms with van der Waals surface area (Å²) < 4.78 is 0. The maximum atomic E-state index is 11.2. The highest BCUT2D eigenvalue weighted by atomic mass is 16.4. The first-order valence-corrected chi connectivity index (χ1v) is 7.06. The van der Waals surface area contributed by atoms with Crippen LogP contribution in [0.2, 0.25) is 0 Å². The number of aryl methyl sites for hydroxylation is 1. The summed E-state index contributed by atoms with van der Waals surface area (Å²) in [5, 5.41) is 9.23. The van der Waals surface area contributed by atoms with Gasteiger partial charge in [-0.1, -0.05) is 45.0 Å². The van der Waals surface area contributed by atoms with Gasteiger partial charge in [0.05, 0.1) is 6.42 Å². The Kier molecular flexibility index (Phi) is 5.55.